The molecule has 25 heavy (non-hydrogen) atoms. The number of rotatable bonds is 5. The lowest BCUT2D eigenvalue weighted by Crippen LogP contribution is -2.38. The zero-order valence-electron chi connectivity index (χ0n) is 14.2. The van der Waals surface area contributed by atoms with E-state index in [1.807, 2.05) is 46.1 Å². The van der Waals surface area contributed by atoms with Gasteiger partial charge in [-0.05, 0) is 25.0 Å². The molecule has 0 aliphatic carbocycles. The fourth-order valence-electron chi connectivity index (χ4n) is 3.61. The van der Waals surface area contributed by atoms with Crippen molar-refractivity contribution in [3.8, 4) is 0 Å². The Hall–Kier alpha value is -2.60. The largest absolute Gasteiger partial charge is 0.451 e. The molecule has 0 spiro atoms. The number of carbonyl (C=O) groups is 1. The Morgan fingerprint density at radius 1 is 1.36 bits per heavy atom. The van der Waals surface area contributed by atoms with E-state index >= 15 is 0 Å². The molecule has 0 bridgehead atoms. The van der Waals surface area contributed by atoms with Crippen molar-refractivity contribution in [1.29, 1.82) is 0 Å². The number of aromatic nitrogens is 2. The molecule has 1 aromatic carbocycles. The van der Waals surface area contributed by atoms with E-state index in [1.165, 1.54) is 0 Å². The fraction of sp³-hybridized carbons (Fsp3) is 0.368. The number of hydrogen-bond acceptors (Lipinski definition) is 4. The summed E-state index contributed by atoms with van der Waals surface area (Å²) in [7, 11) is 1.63. The smallest absolute Gasteiger partial charge is 0.290 e. The van der Waals surface area contributed by atoms with E-state index in [1.54, 1.807) is 13.3 Å². The number of carbonyl (C=O) groups excluding carboxylic acids is 1. The van der Waals surface area contributed by atoms with Gasteiger partial charge in [-0.3, -0.25) is 9.48 Å². The summed E-state index contributed by atoms with van der Waals surface area (Å²) in [6, 6.07) is 9.74. The number of fused-ring (bicyclic) bond motifs is 1. The van der Waals surface area contributed by atoms with Crippen LogP contribution in [-0.4, -0.2) is 40.3 Å². The van der Waals surface area contributed by atoms with E-state index in [0.717, 1.165) is 35.9 Å². The monoisotopic (exact) mass is 339 g/mol. The first kappa shape index (κ1) is 15.9. The van der Waals surface area contributed by atoms with Crippen molar-refractivity contribution in [2.75, 3.05) is 13.7 Å². The topological polar surface area (TPSA) is 60.5 Å². The normalized spacial score (nSPS) is 17.5. The molecule has 1 saturated heterocycles. The van der Waals surface area contributed by atoms with E-state index in [4.69, 9.17) is 9.15 Å². The zero-order chi connectivity index (χ0) is 17.2. The van der Waals surface area contributed by atoms with Crippen LogP contribution in [-0.2, 0) is 17.9 Å². The highest BCUT2D eigenvalue weighted by Gasteiger charge is 2.33. The molecule has 4 rings (SSSR count). The highest BCUT2D eigenvalue weighted by Crippen LogP contribution is 2.30. The summed E-state index contributed by atoms with van der Waals surface area (Å²) in [5.74, 6) is 0.341. The first-order chi connectivity index (χ1) is 12.3. The molecule has 6 heteroatoms. The number of methoxy groups -OCH3 is 1. The molecule has 0 saturated carbocycles. The van der Waals surface area contributed by atoms with Crippen molar-refractivity contribution in [2.45, 2.75) is 32.0 Å². The van der Waals surface area contributed by atoms with Crippen LogP contribution in [0.2, 0.25) is 0 Å². The molecule has 1 fully saturated rings. The van der Waals surface area contributed by atoms with Gasteiger partial charge < -0.3 is 14.1 Å². The van der Waals surface area contributed by atoms with Crippen LogP contribution < -0.4 is 0 Å². The van der Waals surface area contributed by atoms with Gasteiger partial charge in [0.05, 0.1) is 19.2 Å². The van der Waals surface area contributed by atoms with E-state index < -0.39 is 0 Å². The highest BCUT2D eigenvalue weighted by molar-refractivity contribution is 5.99. The van der Waals surface area contributed by atoms with Crippen molar-refractivity contribution in [1.82, 2.24) is 14.7 Å². The lowest BCUT2D eigenvalue weighted by Gasteiger charge is -2.24. The average molecular weight is 339 g/mol. The van der Waals surface area contributed by atoms with Crippen LogP contribution in [0.5, 0.6) is 0 Å². The third kappa shape index (κ3) is 2.93. The van der Waals surface area contributed by atoms with Crippen LogP contribution in [0.15, 0.2) is 47.1 Å². The summed E-state index contributed by atoms with van der Waals surface area (Å²) in [5, 5.41) is 5.20. The van der Waals surface area contributed by atoms with Crippen LogP contribution in [0.4, 0.5) is 0 Å². The van der Waals surface area contributed by atoms with Gasteiger partial charge in [-0.25, -0.2) is 0 Å². The molecule has 3 heterocycles. The van der Waals surface area contributed by atoms with Crippen molar-refractivity contribution in [2.24, 2.45) is 0 Å². The van der Waals surface area contributed by atoms with Gasteiger partial charge >= 0.3 is 0 Å². The van der Waals surface area contributed by atoms with Crippen LogP contribution in [0.25, 0.3) is 11.0 Å². The highest BCUT2D eigenvalue weighted by atomic mass is 16.5. The number of para-hydroxylation sites is 1. The first-order valence-corrected chi connectivity index (χ1v) is 8.55. The maximum Gasteiger partial charge on any atom is 0.290 e. The molecule has 0 radical (unpaired) electrons. The molecule has 3 aromatic rings. The molecule has 130 valence electrons. The van der Waals surface area contributed by atoms with Gasteiger partial charge in [0.15, 0.2) is 5.76 Å². The number of ether oxygens (including phenoxy) is 1. The molecular weight excluding hydrogens is 318 g/mol. The predicted molar refractivity (Wildman–Crippen MR) is 93.2 cm³/mol. The number of hydrogen-bond donors (Lipinski definition) is 0. The molecule has 1 atom stereocenters. The van der Waals surface area contributed by atoms with Gasteiger partial charge in [-0.15, -0.1) is 0 Å². The molecule has 1 aliphatic rings. The van der Waals surface area contributed by atoms with Crippen molar-refractivity contribution in [3.63, 3.8) is 0 Å². The van der Waals surface area contributed by atoms with Gasteiger partial charge in [-0.1, -0.05) is 18.2 Å². The Labute approximate surface area is 146 Å². The minimum absolute atomic E-state index is 0.0575. The second-order valence-corrected chi connectivity index (χ2v) is 6.36. The second kappa shape index (κ2) is 6.72. The van der Waals surface area contributed by atoms with Crippen LogP contribution in [0.1, 0.15) is 29.0 Å². The van der Waals surface area contributed by atoms with Crippen LogP contribution in [0, 0.1) is 0 Å². The molecule has 1 amide bonds. The Balaban J connectivity index is 1.65. The molecular formula is C19H21N3O3. The first-order valence-electron chi connectivity index (χ1n) is 8.55. The van der Waals surface area contributed by atoms with Crippen molar-refractivity contribution >= 4 is 16.9 Å². The van der Waals surface area contributed by atoms with Crippen molar-refractivity contribution in [3.05, 3.63) is 54.0 Å². The Kier molecular flexibility index (Phi) is 4.28. The van der Waals surface area contributed by atoms with Gasteiger partial charge in [0.25, 0.3) is 5.91 Å². The summed E-state index contributed by atoms with van der Waals surface area (Å²) in [4.78, 5) is 15.1. The Bertz CT molecular complexity index is 869. The Morgan fingerprint density at radius 2 is 2.24 bits per heavy atom. The van der Waals surface area contributed by atoms with Gasteiger partial charge in [0, 0.05) is 37.0 Å². The second-order valence-electron chi connectivity index (χ2n) is 6.36. The molecule has 6 nitrogen and oxygen atoms in total. The van der Waals surface area contributed by atoms with Gasteiger partial charge in [0.2, 0.25) is 0 Å². The minimum Gasteiger partial charge on any atom is -0.451 e. The third-order valence-corrected chi connectivity index (χ3v) is 4.78. The average Bonchev–Trinajstić information content (AvgIpc) is 3.36. The van der Waals surface area contributed by atoms with E-state index in [0.29, 0.717) is 18.9 Å². The Morgan fingerprint density at radius 3 is 3.04 bits per heavy atom. The number of nitrogens with zero attached hydrogens (tertiary/aromatic N) is 3. The minimum atomic E-state index is -0.0575. The molecule has 2 aromatic heterocycles. The third-order valence-electron chi connectivity index (χ3n) is 4.78. The van der Waals surface area contributed by atoms with E-state index in [2.05, 4.69) is 5.10 Å². The number of amides is 1. The number of likely N-dealkylation sites (tertiary alicyclic amines) is 1. The van der Waals surface area contributed by atoms with E-state index in [9.17, 15) is 4.79 Å². The van der Waals surface area contributed by atoms with Crippen molar-refractivity contribution < 1.29 is 13.9 Å². The number of benzene rings is 1. The number of furan rings is 1. The maximum absolute atomic E-state index is 13.2. The summed E-state index contributed by atoms with van der Waals surface area (Å²) < 4.78 is 13.1. The quantitative estimate of drug-likeness (QED) is 0.717. The fourth-order valence-corrected chi connectivity index (χ4v) is 3.61. The molecule has 0 unspecified atom stereocenters. The SMILES string of the molecule is COCc1c(C(=O)N2CCC[C@@H]2Cn2cccn2)oc2ccccc12. The van der Waals surface area contributed by atoms with Crippen LogP contribution in [0.3, 0.4) is 0 Å². The molecule has 1 aliphatic heterocycles. The van der Waals surface area contributed by atoms with Crippen LogP contribution >= 0.6 is 0 Å². The molecule has 0 N–H and O–H groups in total. The standard InChI is InChI=1S/C19H21N3O3/c1-24-13-16-15-7-2-3-8-17(15)25-18(16)19(23)22-11-4-6-14(22)12-21-10-5-9-20-21/h2-3,5,7-10,14H,4,6,11-13H2,1H3/t14-/m1/s1. The predicted octanol–water partition coefficient (Wildman–Crippen LogP) is 3.08. The summed E-state index contributed by atoms with van der Waals surface area (Å²) in [6.45, 7) is 1.81. The summed E-state index contributed by atoms with van der Waals surface area (Å²) in [6.07, 6.45) is 5.67. The van der Waals surface area contributed by atoms with Gasteiger partial charge in [-0.2, -0.15) is 5.10 Å². The lowest BCUT2D eigenvalue weighted by atomic mass is 10.1. The van der Waals surface area contributed by atoms with E-state index in [-0.39, 0.29) is 11.9 Å². The lowest BCUT2D eigenvalue weighted by molar-refractivity contribution is 0.0685. The zero-order valence-corrected chi connectivity index (χ0v) is 14.2. The summed E-state index contributed by atoms with van der Waals surface area (Å²) in [5.41, 5.74) is 1.55. The van der Waals surface area contributed by atoms with Gasteiger partial charge in [0.1, 0.15) is 5.58 Å². The maximum atomic E-state index is 13.2. The summed E-state index contributed by atoms with van der Waals surface area (Å²) >= 11 is 0.